The van der Waals surface area contributed by atoms with E-state index in [9.17, 15) is 27.6 Å². The van der Waals surface area contributed by atoms with Crippen LogP contribution in [-0.2, 0) is 31.0 Å². The molecule has 15 heteroatoms. The topological polar surface area (TPSA) is 149 Å². The van der Waals surface area contributed by atoms with Gasteiger partial charge in [-0.15, -0.1) is 0 Å². The number of amides is 3. The summed E-state index contributed by atoms with van der Waals surface area (Å²) in [5, 5.41) is 7.86. The SMILES string of the molecule is NS(=O)(=O)c1ccc(NC(=O)Cn2c3c(sc2=O)[C@@H](c2cccc(Br)c2)[C@@H]2C(=O)N(c4ccc(Cl)cc4)C(=O)[C@@H]2S3)cc1. The predicted molar refractivity (Wildman–Crippen MR) is 168 cm³/mol. The Labute approximate surface area is 267 Å². The molecule has 3 atom stereocenters. The Balaban J connectivity index is 1.37. The molecule has 2 aliphatic heterocycles. The van der Waals surface area contributed by atoms with Crippen molar-refractivity contribution < 1.29 is 22.8 Å². The second-order valence-corrected chi connectivity index (χ2v) is 14.9. The maximum atomic E-state index is 13.9. The maximum Gasteiger partial charge on any atom is 0.308 e. The first-order valence-electron chi connectivity index (χ1n) is 12.6. The van der Waals surface area contributed by atoms with Gasteiger partial charge in [-0.2, -0.15) is 0 Å². The van der Waals surface area contributed by atoms with E-state index in [4.69, 9.17) is 16.7 Å². The lowest BCUT2D eigenvalue weighted by Gasteiger charge is -2.30. The Kier molecular flexibility index (Phi) is 7.85. The van der Waals surface area contributed by atoms with Crippen molar-refractivity contribution >= 4 is 89.7 Å². The molecule has 0 spiro atoms. The van der Waals surface area contributed by atoms with Crippen molar-refractivity contribution in [2.75, 3.05) is 10.2 Å². The van der Waals surface area contributed by atoms with Crippen molar-refractivity contribution in [3.63, 3.8) is 0 Å². The molecular formula is C28H20BrClN4O6S3. The van der Waals surface area contributed by atoms with Crippen LogP contribution in [0.3, 0.4) is 0 Å². The van der Waals surface area contributed by atoms with Gasteiger partial charge in [0.25, 0.3) is 0 Å². The fourth-order valence-electron chi connectivity index (χ4n) is 5.23. The van der Waals surface area contributed by atoms with Crippen LogP contribution in [0.5, 0.6) is 0 Å². The maximum absolute atomic E-state index is 13.9. The number of hydrogen-bond donors (Lipinski definition) is 2. The zero-order valence-electron chi connectivity index (χ0n) is 21.8. The predicted octanol–water partition coefficient (Wildman–Crippen LogP) is 4.41. The molecule has 0 aliphatic carbocycles. The summed E-state index contributed by atoms with van der Waals surface area (Å²) in [6.45, 7) is -0.361. The van der Waals surface area contributed by atoms with Gasteiger partial charge in [0, 0.05) is 26.0 Å². The molecule has 3 N–H and O–H groups in total. The van der Waals surface area contributed by atoms with Crippen LogP contribution in [0.25, 0.3) is 0 Å². The third kappa shape index (κ3) is 5.58. The highest BCUT2D eigenvalue weighted by Gasteiger charge is 2.56. The number of hydrogen-bond acceptors (Lipinski definition) is 8. The number of nitrogens with one attached hydrogen (secondary N) is 1. The number of thiazole rings is 1. The van der Waals surface area contributed by atoms with E-state index in [2.05, 4.69) is 21.2 Å². The van der Waals surface area contributed by atoms with Crippen LogP contribution in [0.1, 0.15) is 16.4 Å². The number of thioether (sulfide) groups is 1. The van der Waals surface area contributed by atoms with Crippen molar-refractivity contribution in [1.29, 1.82) is 0 Å². The van der Waals surface area contributed by atoms with Gasteiger partial charge in [-0.05, 0) is 66.2 Å². The van der Waals surface area contributed by atoms with Crippen molar-refractivity contribution in [3.8, 4) is 0 Å². The van der Waals surface area contributed by atoms with Crippen LogP contribution < -0.4 is 20.2 Å². The number of carbonyl (C=O) groups excluding carboxylic acids is 3. The largest absolute Gasteiger partial charge is 0.325 e. The Bertz CT molecular complexity index is 1960. The van der Waals surface area contributed by atoms with Crippen molar-refractivity contribution in [2.45, 2.75) is 27.6 Å². The zero-order valence-corrected chi connectivity index (χ0v) is 26.6. The molecule has 220 valence electrons. The third-order valence-corrected chi connectivity index (χ3v) is 11.4. The Morgan fingerprint density at radius 2 is 1.70 bits per heavy atom. The molecule has 3 aromatic carbocycles. The molecule has 0 unspecified atom stereocenters. The number of aromatic nitrogens is 1. The summed E-state index contributed by atoms with van der Waals surface area (Å²) in [4.78, 5) is 55.3. The number of nitrogens with zero attached hydrogens (tertiary/aromatic N) is 2. The first kappa shape index (κ1) is 29.8. The number of fused-ring (bicyclic) bond motifs is 2. The summed E-state index contributed by atoms with van der Waals surface area (Å²) in [5.41, 5.74) is 1.46. The highest BCUT2D eigenvalue weighted by Crippen LogP contribution is 2.54. The number of nitrogens with two attached hydrogens (primary N) is 1. The van der Waals surface area contributed by atoms with Crippen LogP contribution >= 0.6 is 50.6 Å². The number of sulfonamides is 1. The number of primary sulfonamides is 1. The molecule has 6 rings (SSSR count). The quantitative estimate of drug-likeness (QED) is 0.281. The molecule has 43 heavy (non-hydrogen) atoms. The molecule has 1 saturated heterocycles. The number of carbonyl (C=O) groups is 3. The van der Waals surface area contributed by atoms with E-state index in [1.165, 1.54) is 33.7 Å². The van der Waals surface area contributed by atoms with Crippen LogP contribution in [0.2, 0.25) is 5.02 Å². The summed E-state index contributed by atoms with van der Waals surface area (Å²) >= 11 is 11.6. The molecule has 2 aliphatic rings. The van der Waals surface area contributed by atoms with Crippen molar-refractivity contribution in [3.05, 3.63) is 102 Å². The van der Waals surface area contributed by atoms with Crippen LogP contribution in [-0.4, -0.2) is 36.0 Å². The van der Waals surface area contributed by atoms with Crippen molar-refractivity contribution in [2.24, 2.45) is 11.1 Å². The van der Waals surface area contributed by atoms with Gasteiger partial charge in [0.1, 0.15) is 11.8 Å². The monoisotopic (exact) mass is 718 g/mol. The normalized spacial score (nSPS) is 19.7. The van der Waals surface area contributed by atoms with Crippen molar-refractivity contribution in [1.82, 2.24) is 4.57 Å². The van der Waals surface area contributed by atoms with Gasteiger partial charge < -0.3 is 5.32 Å². The molecule has 1 aromatic heterocycles. The average Bonchev–Trinajstić information content (AvgIpc) is 3.39. The Morgan fingerprint density at radius 1 is 1.00 bits per heavy atom. The number of imide groups is 1. The highest BCUT2D eigenvalue weighted by atomic mass is 79.9. The fraction of sp³-hybridized carbons (Fsp3) is 0.143. The number of halogens is 2. The summed E-state index contributed by atoms with van der Waals surface area (Å²) in [5.74, 6) is -2.73. The van der Waals surface area contributed by atoms with Gasteiger partial charge in [0.15, 0.2) is 0 Å². The number of anilines is 2. The molecule has 3 amide bonds. The van der Waals surface area contributed by atoms with E-state index in [0.29, 0.717) is 26.3 Å². The van der Waals surface area contributed by atoms with E-state index in [-0.39, 0.29) is 17.3 Å². The molecule has 3 heterocycles. The first-order valence-corrected chi connectivity index (χ1v) is 17.1. The Hall–Kier alpha value is -3.27. The first-order chi connectivity index (χ1) is 20.4. The summed E-state index contributed by atoms with van der Waals surface area (Å²) in [6.07, 6.45) is 0. The van der Waals surface area contributed by atoms with E-state index in [1.54, 1.807) is 24.3 Å². The molecule has 0 bridgehead atoms. The molecule has 0 radical (unpaired) electrons. The molecule has 1 fully saturated rings. The molecule has 10 nitrogen and oxygen atoms in total. The molecular weight excluding hydrogens is 700 g/mol. The molecule has 0 saturated carbocycles. The fourth-order valence-corrected chi connectivity index (χ4v) is 9.06. The Morgan fingerprint density at radius 3 is 2.35 bits per heavy atom. The van der Waals surface area contributed by atoms with E-state index < -0.39 is 43.8 Å². The third-order valence-electron chi connectivity index (χ3n) is 7.11. The lowest BCUT2D eigenvalue weighted by atomic mass is 9.83. The summed E-state index contributed by atoms with van der Waals surface area (Å²) in [6, 6.07) is 19.1. The minimum Gasteiger partial charge on any atom is -0.325 e. The van der Waals surface area contributed by atoms with Gasteiger partial charge in [0.05, 0.1) is 21.5 Å². The van der Waals surface area contributed by atoms with E-state index in [0.717, 1.165) is 33.1 Å². The zero-order chi connectivity index (χ0) is 30.6. The minimum absolute atomic E-state index is 0.110. The second-order valence-electron chi connectivity index (χ2n) is 9.83. The van der Waals surface area contributed by atoms with Crippen LogP contribution in [0.15, 0.2) is 92.0 Å². The van der Waals surface area contributed by atoms with Gasteiger partial charge in [-0.3, -0.25) is 23.7 Å². The summed E-state index contributed by atoms with van der Waals surface area (Å²) in [7, 11) is -3.90. The summed E-state index contributed by atoms with van der Waals surface area (Å²) < 4.78 is 25.1. The average molecular weight is 720 g/mol. The van der Waals surface area contributed by atoms with E-state index >= 15 is 0 Å². The van der Waals surface area contributed by atoms with Crippen LogP contribution in [0.4, 0.5) is 11.4 Å². The minimum atomic E-state index is -3.90. The lowest BCUT2D eigenvalue weighted by molar-refractivity contribution is -0.122. The van der Waals surface area contributed by atoms with E-state index in [1.807, 2.05) is 24.3 Å². The smallest absolute Gasteiger partial charge is 0.308 e. The van der Waals surface area contributed by atoms with Gasteiger partial charge in [-0.25, -0.2) is 18.5 Å². The van der Waals surface area contributed by atoms with Gasteiger partial charge in [-0.1, -0.05) is 62.8 Å². The standard InChI is InChI=1S/C28H20BrClN4O6S3/c29-15-3-1-2-14(12-15)21-22-23(26(37)34(25(22)36)18-8-4-16(30)5-9-18)41-27-24(21)42-28(38)33(27)13-20(35)32-17-6-10-19(11-7-17)43(31,39)40/h1-12,21-23H,13H2,(H,32,35)(H2,31,39,40)/t21-,22-,23+/m0/s1. The second kappa shape index (κ2) is 11.3. The van der Waals surface area contributed by atoms with Gasteiger partial charge >= 0.3 is 4.87 Å². The molecule has 4 aromatic rings. The number of rotatable bonds is 6. The number of benzene rings is 3. The van der Waals surface area contributed by atoms with Crippen LogP contribution in [0, 0.1) is 5.92 Å². The lowest BCUT2D eigenvalue weighted by Crippen LogP contribution is -2.33. The highest BCUT2D eigenvalue weighted by molar-refractivity contribution is 9.10. The van der Waals surface area contributed by atoms with Gasteiger partial charge in [0.2, 0.25) is 27.7 Å².